The maximum atomic E-state index is 10.4. The van der Waals surface area contributed by atoms with Gasteiger partial charge in [0, 0.05) is 0 Å². The number of benzene rings is 1. The third-order valence-corrected chi connectivity index (χ3v) is 2.52. The summed E-state index contributed by atoms with van der Waals surface area (Å²) in [7, 11) is 0. The molecule has 0 aliphatic carbocycles. The van der Waals surface area contributed by atoms with Gasteiger partial charge in [0.05, 0.1) is 71.9 Å². The zero-order chi connectivity index (χ0) is 22.4. The molecule has 0 saturated heterocycles. The van der Waals surface area contributed by atoms with Gasteiger partial charge in [0.2, 0.25) is 0 Å². The number of aromatic hydroxyl groups is 1. The molecule has 0 bridgehead atoms. The fourth-order valence-electron chi connectivity index (χ4n) is 1.43. The van der Waals surface area contributed by atoms with Crippen molar-refractivity contribution in [1.82, 2.24) is 5.39 Å². The molecule has 0 aliphatic heterocycles. The third-order valence-electron chi connectivity index (χ3n) is 2.52. The highest BCUT2D eigenvalue weighted by atomic mass is 17.2. The zero-order valence-electron chi connectivity index (χ0n) is 14.6. The molecule has 1 aromatic carbocycles. The molecule has 1 aromatic rings. The van der Waals surface area contributed by atoms with Crippen LogP contribution in [0.5, 0.6) is 5.75 Å². The lowest BCUT2D eigenvalue weighted by Gasteiger charge is -2.17. The van der Waals surface area contributed by atoms with Crippen molar-refractivity contribution in [3.05, 3.63) is 42.5 Å². The number of nitrogens with zero attached hydrogens (tertiary/aromatic N) is 4. The van der Waals surface area contributed by atoms with Crippen LogP contribution in [0.4, 0.5) is 17.1 Å². The lowest BCUT2D eigenvalue weighted by molar-refractivity contribution is -0.527. The molecule has 17 heteroatoms. The standard InChI is InChI=1S/C6H3N3O7.C6H15NO6/c10-6-4(8(13)14)1-3(7(11)12)2-5(6)9(15)16;8-1-4-11-7(12-5-2-9)13-6-3-10/h1-2,10H;8-10H,1-6H2. The quantitative estimate of drug-likeness (QED) is 0.236. The average molecular weight is 426 g/mol. The Morgan fingerprint density at radius 1 is 0.759 bits per heavy atom. The van der Waals surface area contributed by atoms with Crippen LogP contribution in [0.1, 0.15) is 0 Å². The van der Waals surface area contributed by atoms with Crippen LogP contribution in [0.2, 0.25) is 0 Å². The summed E-state index contributed by atoms with van der Waals surface area (Å²) in [4.78, 5) is 41.9. The van der Waals surface area contributed by atoms with E-state index in [0.717, 1.165) is 0 Å². The molecule has 17 nitrogen and oxygen atoms in total. The minimum Gasteiger partial charge on any atom is -0.497 e. The Morgan fingerprint density at radius 3 is 1.34 bits per heavy atom. The Hall–Kier alpha value is -3.06. The molecule has 29 heavy (non-hydrogen) atoms. The number of nitro benzene ring substituents is 3. The molecule has 0 aliphatic rings. The van der Waals surface area contributed by atoms with E-state index in [2.05, 4.69) is 0 Å². The fourth-order valence-corrected chi connectivity index (χ4v) is 1.43. The predicted octanol–water partition coefficient (Wildman–Crippen LogP) is -0.823. The fraction of sp³-hybridized carbons (Fsp3) is 0.500. The van der Waals surface area contributed by atoms with E-state index in [1.807, 2.05) is 0 Å². The number of aliphatic hydroxyl groups excluding tert-OH is 3. The first kappa shape index (κ1) is 25.9. The van der Waals surface area contributed by atoms with Crippen LogP contribution in [0, 0.1) is 30.3 Å². The Morgan fingerprint density at radius 2 is 1.10 bits per heavy atom. The first-order valence-corrected chi connectivity index (χ1v) is 7.51. The first-order valence-electron chi connectivity index (χ1n) is 7.51. The number of nitro groups is 3. The summed E-state index contributed by atoms with van der Waals surface area (Å²) in [5, 5.41) is 66.1. The normalized spacial score (nSPS) is 10.3. The lowest BCUT2D eigenvalue weighted by Crippen LogP contribution is -2.28. The summed E-state index contributed by atoms with van der Waals surface area (Å²) in [5.41, 5.74) is -3.00. The Bertz CT molecular complexity index is 632. The second-order valence-electron chi connectivity index (χ2n) is 4.50. The third kappa shape index (κ3) is 9.62. The van der Waals surface area contributed by atoms with Gasteiger partial charge >= 0.3 is 11.4 Å². The van der Waals surface area contributed by atoms with E-state index in [1.165, 1.54) is 0 Å². The molecule has 0 fully saturated rings. The topological polar surface area (TPSA) is 241 Å². The summed E-state index contributed by atoms with van der Waals surface area (Å²) >= 11 is 0. The van der Waals surface area contributed by atoms with E-state index in [-0.39, 0.29) is 39.6 Å². The molecule has 0 amide bonds. The van der Waals surface area contributed by atoms with Crippen molar-refractivity contribution in [3.8, 4) is 5.75 Å². The zero-order valence-corrected chi connectivity index (χ0v) is 14.6. The van der Waals surface area contributed by atoms with E-state index in [0.29, 0.717) is 17.5 Å². The van der Waals surface area contributed by atoms with Crippen LogP contribution in [0.15, 0.2) is 12.1 Å². The number of hydrogen-bond acceptors (Lipinski definition) is 14. The molecule has 4 N–H and O–H groups in total. The van der Waals surface area contributed by atoms with Gasteiger partial charge < -0.3 is 20.4 Å². The van der Waals surface area contributed by atoms with Crippen molar-refractivity contribution in [2.75, 3.05) is 39.6 Å². The van der Waals surface area contributed by atoms with Gasteiger partial charge in [0.25, 0.3) is 11.4 Å². The molecule has 0 aromatic heterocycles. The summed E-state index contributed by atoms with van der Waals surface area (Å²) < 4.78 is 0. The molecule has 0 heterocycles. The van der Waals surface area contributed by atoms with Gasteiger partial charge in [-0.15, -0.1) is 0 Å². The number of phenols is 1. The highest BCUT2D eigenvalue weighted by Gasteiger charge is 2.30. The van der Waals surface area contributed by atoms with Crippen LogP contribution in [-0.2, 0) is 14.5 Å². The molecule has 0 saturated carbocycles. The van der Waals surface area contributed by atoms with Gasteiger partial charge in [-0.2, -0.15) is 0 Å². The molecule has 0 spiro atoms. The molecular weight excluding hydrogens is 408 g/mol. The molecule has 0 atom stereocenters. The van der Waals surface area contributed by atoms with Gasteiger partial charge in [-0.3, -0.25) is 30.3 Å². The van der Waals surface area contributed by atoms with E-state index in [4.69, 9.17) is 34.9 Å². The van der Waals surface area contributed by atoms with Crippen LogP contribution < -0.4 is 0 Å². The van der Waals surface area contributed by atoms with Crippen molar-refractivity contribution < 1.29 is 49.7 Å². The van der Waals surface area contributed by atoms with Crippen LogP contribution in [0.3, 0.4) is 0 Å². The number of aliphatic hydroxyl groups is 3. The van der Waals surface area contributed by atoms with Crippen LogP contribution in [-0.4, -0.2) is 80.2 Å². The van der Waals surface area contributed by atoms with Crippen molar-refractivity contribution in [1.29, 1.82) is 0 Å². The minimum atomic E-state index is -1.21. The smallest absolute Gasteiger partial charge is 0.324 e. The van der Waals surface area contributed by atoms with Gasteiger partial charge in [-0.05, 0) is 0 Å². The predicted molar refractivity (Wildman–Crippen MR) is 89.0 cm³/mol. The number of rotatable bonds is 12. The van der Waals surface area contributed by atoms with Crippen molar-refractivity contribution in [2.24, 2.45) is 0 Å². The lowest BCUT2D eigenvalue weighted by atomic mass is 10.2. The van der Waals surface area contributed by atoms with Crippen molar-refractivity contribution in [2.45, 2.75) is 0 Å². The molecule has 164 valence electrons. The van der Waals surface area contributed by atoms with Gasteiger partial charge in [-0.1, -0.05) is 0 Å². The summed E-state index contributed by atoms with van der Waals surface area (Å²) in [6, 6.07) is 0.894. The number of non-ortho nitro benzene ring substituents is 1. The van der Waals surface area contributed by atoms with Crippen molar-refractivity contribution >= 4 is 17.1 Å². The van der Waals surface area contributed by atoms with Gasteiger partial charge in [-0.25, -0.2) is 14.5 Å². The first-order chi connectivity index (χ1) is 13.7. The minimum absolute atomic E-state index is 0.0108. The SMILES string of the molecule is O=[N+]([O-])c1cc([N+](=O)[O-])c(O)c([N+](=O)[O-])c1.OCCON(OCCO)OCCO. The number of phenolic OH excluding ortho intramolecular Hbond substituents is 1. The molecule has 0 unspecified atom stereocenters. The van der Waals surface area contributed by atoms with E-state index >= 15 is 0 Å². The second kappa shape index (κ2) is 14.0. The number of hydrogen-bond donors (Lipinski definition) is 4. The largest absolute Gasteiger partial charge is 0.497 e. The van der Waals surface area contributed by atoms with Gasteiger partial charge in [0.15, 0.2) is 0 Å². The summed E-state index contributed by atoms with van der Waals surface area (Å²) in [6.07, 6.45) is 0. The summed E-state index contributed by atoms with van der Waals surface area (Å²) in [5.74, 6) is -1.21. The van der Waals surface area contributed by atoms with E-state index in [1.54, 1.807) is 0 Å². The monoisotopic (exact) mass is 426 g/mol. The Labute approximate surface area is 161 Å². The Balaban J connectivity index is 0.000000555. The maximum absolute atomic E-state index is 10.4. The average Bonchev–Trinajstić information content (AvgIpc) is 2.67. The maximum Gasteiger partial charge on any atom is 0.324 e. The van der Waals surface area contributed by atoms with Crippen LogP contribution in [0.25, 0.3) is 0 Å². The highest BCUT2D eigenvalue weighted by molar-refractivity contribution is 5.64. The van der Waals surface area contributed by atoms with Crippen molar-refractivity contribution in [3.63, 3.8) is 0 Å². The molecule has 1 rings (SSSR count). The highest BCUT2D eigenvalue weighted by Crippen LogP contribution is 2.38. The Kier molecular flexibility index (Phi) is 12.5. The molecular formula is C12H18N4O13. The van der Waals surface area contributed by atoms with Gasteiger partial charge in [0.1, 0.15) is 0 Å². The van der Waals surface area contributed by atoms with E-state index < -0.39 is 37.6 Å². The van der Waals surface area contributed by atoms with E-state index in [9.17, 15) is 30.3 Å². The molecule has 0 radical (unpaired) electrons. The summed E-state index contributed by atoms with van der Waals surface area (Å²) in [6.45, 7) is -0.505. The second-order valence-corrected chi connectivity index (χ2v) is 4.50. The van der Waals surface area contributed by atoms with Crippen LogP contribution >= 0.6 is 0 Å².